The van der Waals surface area contributed by atoms with Gasteiger partial charge in [-0.05, 0) is 17.3 Å². The number of nitrogens with two attached hydrogens (primary N) is 1. The number of hydrogen-bond acceptors (Lipinski definition) is 5. The molecule has 2 atom stereocenters. The molecule has 0 heterocycles. The lowest BCUT2D eigenvalue weighted by Crippen LogP contribution is -2.40. The van der Waals surface area contributed by atoms with Crippen LogP contribution in [0.5, 0.6) is 0 Å². The molecule has 0 aromatic carbocycles. The Morgan fingerprint density at radius 3 is 2.60 bits per heavy atom. The van der Waals surface area contributed by atoms with Crippen molar-refractivity contribution >= 4 is 23.1 Å². The lowest BCUT2D eigenvalue weighted by molar-refractivity contribution is -0.156. The van der Waals surface area contributed by atoms with Gasteiger partial charge in [0.1, 0.15) is 17.5 Å². The van der Waals surface area contributed by atoms with Crippen molar-refractivity contribution in [1.29, 1.82) is 0 Å². The fraction of sp³-hybridized carbons (Fsp3) is 0.333. The first-order valence-electron chi connectivity index (χ1n) is 4.10. The van der Waals surface area contributed by atoms with Crippen LogP contribution in [0.25, 0.3) is 0 Å². The van der Waals surface area contributed by atoms with E-state index in [9.17, 15) is 14.1 Å². The number of hydrogen-bond donors (Lipinski definition) is 1. The molecule has 0 aliphatic rings. The van der Waals surface area contributed by atoms with E-state index < -0.39 is 29.2 Å². The minimum absolute atomic E-state index is 0.0602. The fourth-order valence-electron chi connectivity index (χ4n) is 0.684. The van der Waals surface area contributed by atoms with E-state index >= 15 is 0 Å². The topological polar surface area (TPSA) is 92.5 Å². The number of carbonyl (C=O) groups is 2. The summed E-state index contributed by atoms with van der Waals surface area (Å²) in [6, 6.07) is -1.07. The fourth-order valence-corrected chi connectivity index (χ4v) is 1.62. The summed E-state index contributed by atoms with van der Waals surface area (Å²) in [7, 11) is 0. The smallest absolute Gasteiger partial charge is 0.337 e. The van der Waals surface area contributed by atoms with Gasteiger partial charge in [0.25, 0.3) is 0 Å². The quantitative estimate of drug-likeness (QED) is 0.219. The average Bonchev–Trinajstić information content (AvgIpc) is 2.17. The Morgan fingerprint density at radius 2 is 2.13 bits per heavy atom. The molecule has 0 radical (unpaired) electrons. The zero-order valence-electron chi connectivity index (χ0n) is 8.18. The van der Waals surface area contributed by atoms with Gasteiger partial charge < -0.3 is 15.0 Å². The molecule has 84 valence electrons. The Kier molecular flexibility index (Phi) is 6.68. The highest BCUT2D eigenvalue weighted by molar-refractivity contribution is 7.91. The van der Waals surface area contributed by atoms with Crippen LogP contribution in [0.2, 0.25) is 0 Å². The van der Waals surface area contributed by atoms with Gasteiger partial charge in [0.15, 0.2) is 0 Å². The predicted octanol–water partition coefficient (Wildman–Crippen LogP) is -0.496. The summed E-state index contributed by atoms with van der Waals surface area (Å²) in [5.41, 5.74) is 5.36. The first-order valence-corrected chi connectivity index (χ1v) is 5.59. The summed E-state index contributed by atoms with van der Waals surface area (Å²) in [4.78, 5) is 21.7. The molecule has 0 bridgehead atoms. The molecule has 5 nitrogen and oxygen atoms in total. The molecule has 0 spiro atoms. The number of esters is 2. The second-order valence-corrected chi connectivity index (χ2v) is 4.16. The van der Waals surface area contributed by atoms with Crippen LogP contribution in [-0.4, -0.2) is 34.0 Å². The maximum Gasteiger partial charge on any atom is 0.337 e. The average molecular weight is 231 g/mol. The minimum atomic E-state index is -1.27. The molecule has 0 saturated carbocycles. The zero-order chi connectivity index (χ0) is 11.8. The van der Waals surface area contributed by atoms with Crippen molar-refractivity contribution in [2.45, 2.75) is 6.04 Å². The molecule has 0 aromatic heterocycles. The highest BCUT2D eigenvalue weighted by Crippen LogP contribution is 1.97. The minimum Gasteiger partial charge on any atom is -0.616 e. The SMILES string of the molecule is C=CC[S+]([O-])C[C@H](N)C(=O)OC(=O)C=C. The van der Waals surface area contributed by atoms with E-state index in [1.165, 1.54) is 6.08 Å². The summed E-state index contributed by atoms with van der Waals surface area (Å²) < 4.78 is 15.4. The van der Waals surface area contributed by atoms with E-state index in [1.54, 1.807) is 0 Å². The van der Waals surface area contributed by atoms with E-state index in [-0.39, 0.29) is 11.5 Å². The molecule has 1 unspecified atom stereocenters. The molecule has 0 aromatic rings. The molecule has 0 amide bonds. The van der Waals surface area contributed by atoms with Crippen LogP contribution in [0.15, 0.2) is 25.3 Å². The molecule has 0 aliphatic carbocycles. The summed E-state index contributed by atoms with van der Waals surface area (Å²) in [6.07, 6.45) is 2.31. The van der Waals surface area contributed by atoms with Gasteiger partial charge in [-0.1, -0.05) is 13.2 Å². The van der Waals surface area contributed by atoms with Gasteiger partial charge in [0, 0.05) is 6.08 Å². The molecule has 0 aliphatic heterocycles. The third-order valence-electron chi connectivity index (χ3n) is 1.34. The number of ether oxygens (including phenoxy) is 1. The number of rotatable bonds is 6. The molecule has 0 fully saturated rings. The van der Waals surface area contributed by atoms with Crippen LogP contribution in [0, 0.1) is 0 Å². The molecular weight excluding hydrogens is 218 g/mol. The zero-order valence-corrected chi connectivity index (χ0v) is 9.00. The van der Waals surface area contributed by atoms with Crippen molar-refractivity contribution < 1.29 is 18.9 Å². The van der Waals surface area contributed by atoms with Crippen LogP contribution < -0.4 is 5.73 Å². The van der Waals surface area contributed by atoms with E-state index in [2.05, 4.69) is 17.9 Å². The standard InChI is InChI=1S/C9H13NO4S/c1-3-5-15(13)6-7(10)9(12)14-8(11)4-2/h3-4,7H,1-2,5-6,10H2/t7-,15?/m0/s1. The molecule has 0 rings (SSSR count). The van der Waals surface area contributed by atoms with Crippen molar-refractivity contribution in [3.8, 4) is 0 Å². The third-order valence-corrected chi connectivity index (χ3v) is 2.68. The third kappa shape index (κ3) is 6.05. The van der Waals surface area contributed by atoms with Crippen LogP contribution >= 0.6 is 0 Å². The molecule has 6 heteroatoms. The molecular formula is C9H13NO4S. The normalized spacial score (nSPS) is 13.7. The summed E-state index contributed by atoms with van der Waals surface area (Å²) in [5.74, 6) is -1.59. The van der Waals surface area contributed by atoms with Gasteiger partial charge in [-0.25, -0.2) is 9.59 Å². The monoisotopic (exact) mass is 231 g/mol. The summed E-state index contributed by atoms with van der Waals surface area (Å²) in [5, 5.41) is 0. The molecule has 0 saturated heterocycles. The van der Waals surface area contributed by atoms with Crippen LogP contribution in [0.3, 0.4) is 0 Å². The van der Waals surface area contributed by atoms with Gasteiger partial charge in [0.2, 0.25) is 0 Å². The Bertz CT molecular complexity index is 267. The largest absolute Gasteiger partial charge is 0.616 e. The Labute approximate surface area is 91.2 Å². The van der Waals surface area contributed by atoms with Crippen LogP contribution in [-0.2, 0) is 25.5 Å². The first-order chi connectivity index (χ1) is 7.01. The molecule has 15 heavy (non-hydrogen) atoms. The van der Waals surface area contributed by atoms with Crippen molar-refractivity contribution in [1.82, 2.24) is 0 Å². The van der Waals surface area contributed by atoms with Gasteiger partial charge in [0.05, 0.1) is 0 Å². The van der Waals surface area contributed by atoms with E-state index in [0.717, 1.165) is 6.08 Å². The van der Waals surface area contributed by atoms with Gasteiger partial charge in [-0.2, -0.15) is 0 Å². The first kappa shape index (κ1) is 13.9. The van der Waals surface area contributed by atoms with Gasteiger partial charge in [-0.3, -0.25) is 0 Å². The van der Waals surface area contributed by atoms with Crippen LogP contribution in [0.1, 0.15) is 0 Å². The van der Waals surface area contributed by atoms with Gasteiger partial charge in [-0.15, -0.1) is 0 Å². The summed E-state index contributed by atoms with van der Waals surface area (Å²) >= 11 is -1.27. The second-order valence-electron chi connectivity index (χ2n) is 2.61. The Balaban J connectivity index is 4.03. The van der Waals surface area contributed by atoms with Gasteiger partial charge >= 0.3 is 11.9 Å². The molecule has 2 N–H and O–H groups in total. The Hall–Kier alpha value is -1.11. The highest BCUT2D eigenvalue weighted by atomic mass is 32.2. The van der Waals surface area contributed by atoms with Crippen molar-refractivity contribution in [2.24, 2.45) is 5.73 Å². The van der Waals surface area contributed by atoms with Crippen LogP contribution in [0.4, 0.5) is 0 Å². The van der Waals surface area contributed by atoms with E-state index in [1.807, 2.05) is 0 Å². The predicted molar refractivity (Wildman–Crippen MR) is 57.3 cm³/mol. The highest BCUT2D eigenvalue weighted by Gasteiger charge is 2.22. The lowest BCUT2D eigenvalue weighted by atomic mass is 10.4. The number of carbonyl (C=O) groups excluding carboxylic acids is 2. The Morgan fingerprint density at radius 1 is 1.53 bits per heavy atom. The van der Waals surface area contributed by atoms with Crippen molar-refractivity contribution in [3.63, 3.8) is 0 Å². The van der Waals surface area contributed by atoms with E-state index in [0.29, 0.717) is 0 Å². The van der Waals surface area contributed by atoms with Crippen molar-refractivity contribution in [3.05, 3.63) is 25.3 Å². The maximum atomic E-state index is 11.2. The maximum absolute atomic E-state index is 11.2. The second kappa shape index (κ2) is 7.22. The van der Waals surface area contributed by atoms with Crippen molar-refractivity contribution in [2.75, 3.05) is 11.5 Å². The van der Waals surface area contributed by atoms with E-state index in [4.69, 9.17) is 5.73 Å². The summed E-state index contributed by atoms with van der Waals surface area (Å²) in [6.45, 7) is 6.52. The lowest BCUT2D eigenvalue weighted by Gasteiger charge is -2.12.